The summed E-state index contributed by atoms with van der Waals surface area (Å²) in [7, 11) is 0. The number of carbonyl (C=O) groups is 3. The van der Waals surface area contributed by atoms with Crippen molar-refractivity contribution in [2.24, 2.45) is 0 Å². The maximum absolute atomic E-state index is 12.0. The number of Topliss-reactive ketones (excluding diaryl/α,β-unsaturated/α-hetero) is 3. The molecule has 0 aromatic heterocycles. The zero-order chi connectivity index (χ0) is 17.7. The molecule has 22 heavy (non-hydrogen) atoms. The summed E-state index contributed by atoms with van der Waals surface area (Å²) < 4.78 is 4.75. The van der Waals surface area contributed by atoms with Crippen molar-refractivity contribution in [3.05, 3.63) is 11.4 Å². The van der Waals surface area contributed by atoms with Crippen molar-refractivity contribution < 1.29 is 34.4 Å². The molecule has 0 aliphatic carbocycles. The maximum atomic E-state index is 12.0. The zero-order valence-electron chi connectivity index (χ0n) is 11.8. The molecule has 0 amide bonds. The highest BCUT2D eigenvalue weighted by atomic mass is 35.5. The second-order valence-corrected chi connectivity index (χ2v) is 5.87. The minimum Gasteiger partial charge on any atom is -0.375 e. The molecular formula is C12H13Cl2NO7. The fourth-order valence-corrected chi connectivity index (χ4v) is 3.33. The van der Waals surface area contributed by atoms with E-state index >= 15 is 0 Å². The molecular weight excluding hydrogens is 341 g/mol. The van der Waals surface area contributed by atoms with E-state index in [1.54, 1.807) is 0 Å². The Hall–Kier alpha value is -1.08. The van der Waals surface area contributed by atoms with Gasteiger partial charge in [0.25, 0.3) is 5.60 Å². The predicted octanol–water partition coefficient (Wildman–Crippen LogP) is -0.646. The Morgan fingerprint density at radius 3 is 1.73 bits per heavy atom. The molecule has 0 bridgehead atoms. The number of hydrogen-bond acceptors (Lipinski definition) is 7. The van der Waals surface area contributed by atoms with E-state index in [1.165, 1.54) is 0 Å². The van der Waals surface area contributed by atoms with E-state index in [1.807, 2.05) is 0 Å². The van der Waals surface area contributed by atoms with Crippen molar-refractivity contribution in [1.82, 2.24) is 0 Å². The lowest BCUT2D eigenvalue weighted by Crippen LogP contribution is -2.86. The van der Waals surface area contributed by atoms with Gasteiger partial charge in [-0.1, -0.05) is 11.6 Å². The Kier molecular flexibility index (Phi) is 4.51. The zero-order valence-corrected chi connectivity index (χ0v) is 13.3. The van der Waals surface area contributed by atoms with Crippen LogP contribution in [-0.4, -0.2) is 60.2 Å². The summed E-state index contributed by atoms with van der Waals surface area (Å²) >= 11 is 11.4. The molecule has 1 aliphatic heterocycles. The van der Waals surface area contributed by atoms with Crippen LogP contribution in [0.25, 0.3) is 4.85 Å². The molecule has 1 rings (SSSR count). The minimum atomic E-state index is -3.49. The summed E-state index contributed by atoms with van der Waals surface area (Å²) in [6, 6.07) is 0. The fourth-order valence-electron chi connectivity index (χ4n) is 2.49. The highest BCUT2D eigenvalue weighted by molar-refractivity contribution is 6.30. The number of aliphatic hydroxyl groups is 3. The molecule has 10 heteroatoms. The first-order chi connectivity index (χ1) is 9.77. The van der Waals surface area contributed by atoms with Crippen molar-refractivity contribution in [1.29, 1.82) is 0 Å². The normalized spacial score (nSPS) is 45.0. The molecule has 0 aromatic rings. The lowest BCUT2D eigenvalue weighted by Gasteiger charge is -2.54. The van der Waals surface area contributed by atoms with Gasteiger partial charge in [-0.2, -0.15) is 0 Å². The Balaban J connectivity index is 3.97. The van der Waals surface area contributed by atoms with Gasteiger partial charge in [0, 0.05) is 11.6 Å². The van der Waals surface area contributed by atoms with Crippen molar-refractivity contribution in [3.63, 3.8) is 0 Å². The van der Waals surface area contributed by atoms with Crippen LogP contribution in [-0.2, 0) is 19.1 Å². The number of rotatable bonds is 3. The van der Waals surface area contributed by atoms with Crippen LogP contribution in [0.1, 0.15) is 20.8 Å². The van der Waals surface area contributed by atoms with E-state index in [-0.39, 0.29) is 0 Å². The van der Waals surface area contributed by atoms with Gasteiger partial charge in [0.05, 0.1) is 0 Å². The third-order valence-corrected chi connectivity index (χ3v) is 4.66. The monoisotopic (exact) mass is 353 g/mol. The van der Waals surface area contributed by atoms with Crippen molar-refractivity contribution >= 4 is 40.6 Å². The van der Waals surface area contributed by atoms with E-state index in [9.17, 15) is 29.7 Å². The molecule has 1 heterocycles. The summed E-state index contributed by atoms with van der Waals surface area (Å²) in [5.74, 6) is -4.04. The van der Waals surface area contributed by atoms with Crippen molar-refractivity contribution in [2.75, 3.05) is 0 Å². The molecule has 2 unspecified atom stereocenters. The standard InChI is InChI=1S/C12H13Cl2NO7/c1-5(16)9(19)8(13)22-12(14,15-4)11(21,7(3)18)10(9,20)6(2)17/h8,19-21H,1-3H3/t8?,9-,10-,11+,12?/m0/s1. The Morgan fingerprint density at radius 1 is 1.05 bits per heavy atom. The maximum Gasteiger partial charge on any atom is 0.458 e. The molecule has 1 fully saturated rings. The molecule has 3 N–H and O–H groups in total. The highest BCUT2D eigenvalue weighted by Crippen LogP contribution is 2.54. The van der Waals surface area contributed by atoms with Gasteiger partial charge < -0.3 is 15.3 Å². The summed E-state index contributed by atoms with van der Waals surface area (Å²) in [6.07, 6.45) is 0. The van der Waals surface area contributed by atoms with Gasteiger partial charge >= 0.3 is 5.18 Å². The number of halogens is 2. The van der Waals surface area contributed by atoms with E-state index in [4.69, 9.17) is 34.5 Å². The molecule has 8 nitrogen and oxygen atoms in total. The molecule has 0 aromatic carbocycles. The summed E-state index contributed by atoms with van der Waals surface area (Å²) in [5.41, 5.74) is -12.3. The van der Waals surface area contributed by atoms with E-state index in [2.05, 4.69) is 4.85 Å². The van der Waals surface area contributed by atoms with E-state index in [0.717, 1.165) is 6.92 Å². The predicted molar refractivity (Wildman–Crippen MR) is 72.8 cm³/mol. The van der Waals surface area contributed by atoms with E-state index < -0.39 is 44.9 Å². The highest BCUT2D eigenvalue weighted by Gasteiger charge is 2.86. The van der Waals surface area contributed by atoms with Crippen LogP contribution in [0.5, 0.6) is 0 Å². The average Bonchev–Trinajstić information content (AvgIpc) is 2.41. The molecule has 1 aliphatic rings. The van der Waals surface area contributed by atoms with Crippen LogP contribution in [0.15, 0.2) is 0 Å². The van der Waals surface area contributed by atoms with Crippen LogP contribution >= 0.6 is 23.2 Å². The molecule has 0 spiro atoms. The van der Waals surface area contributed by atoms with E-state index in [0.29, 0.717) is 13.8 Å². The minimum absolute atomic E-state index is 0.692. The third-order valence-electron chi connectivity index (χ3n) is 3.81. The smallest absolute Gasteiger partial charge is 0.375 e. The largest absolute Gasteiger partial charge is 0.458 e. The Labute approximate surface area is 135 Å². The Bertz CT molecular complexity index is 605. The van der Waals surface area contributed by atoms with Gasteiger partial charge in [-0.25, -0.2) is 6.57 Å². The first-order valence-electron chi connectivity index (χ1n) is 5.87. The quantitative estimate of drug-likeness (QED) is 0.349. The topological polar surface area (TPSA) is 125 Å². The van der Waals surface area contributed by atoms with Crippen LogP contribution in [0.2, 0.25) is 0 Å². The number of carbonyl (C=O) groups excluding carboxylic acids is 3. The fraction of sp³-hybridized carbons (Fsp3) is 0.667. The number of ether oxygens (including phenoxy) is 1. The number of ketones is 3. The van der Waals surface area contributed by atoms with Gasteiger partial charge in [0.15, 0.2) is 22.9 Å². The average molecular weight is 354 g/mol. The first kappa shape index (κ1) is 19.0. The molecule has 1 saturated heterocycles. The van der Waals surface area contributed by atoms with Crippen LogP contribution < -0.4 is 0 Å². The second kappa shape index (κ2) is 5.23. The lowest BCUT2D eigenvalue weighted by molar-refractivity contribution is -0.306. The van der Waals surface area contributed by atoms with Gasteiger partial charge in [0.2, 0.25) is 11.2 Å². The van der Waals surface area contributed by atoms with Gasteiger partial charge in [-0.15, -0.1) is 0 Å². The van der Waals surface area contributed by atoms with Gasteiger partial charge in [-0.05, 0) is 20.8 Å². The number of nitrogens with zero attached hydrogens (tertiary/aromatic N) is 1. The van der Waals surface area contributed by atoms with Gasteiger partial charge in [-0.3, -0.25) is 24.0 Å². The van der Waals surface area contributed by atoms with Crippen LogP contribution in [0.4, 0.5) is 0 Å². The second-order valence-electron chi connectivity index (χ2n) is 4.96. The van der Waals surface area contributed by atoms with Crippen molar-refractivity contribution in [3.8, 4) is 0 Å². The third kappa shape index (κ3) is 1.81. The number of alkyl halides is 2. The summed E-state index contributed by atoms with van der Waals surface area (Å²) in [5, 5.41) is 28.7. The molecule has 122 valence electrons. The van der Waals surface area contributed by atoms with Gasteiger partial charge in [0.1, 0.15) is 0 Å². The molecule has 0 saturated carbocycles. The number of hydrogen-bond donors (Lipinski definition) is 3. The first-order valence-corrected chi connectivity index (χ1v) is 6.68. The summed E-state index contributed by atoms with van der Waals surface area (Å²) in [6.45, 7) is 9.15. The SMILES string of the molecule is [C-]#[N+]C1(Cl)OC(Cl)[C@@](O)(C(C)=O)[C@@](O)(C(C)=O)[C@]1(O)C(C)=O. The summed E-state index contributed by atoms with van der Waals surface area (Å²) in [4.78, 5) is 38.4. The lowest BCUT2D eigenvalue weighted by atomic mass is 9.63. The van der Waals surface area contributed by atoms with Crippen molar-refractivity contribution in [2.45, 2.75) is 48.3 Å². The van der Waals surface area contributed by atoms with Crippen LogP contribution in [0, 0.1) is 6.57 Å². The molecule has 0 radical (unpaired) electrons. The van der Waals surface area contributed by atoms with Crippen LogP contribution in [0.3, 0.4) is 0 Å². The Morgan fingerprint density at radius 2 is 1.45 bits per heavy atom. The molecule has 5 atom stereocenters.